The molecule has 0 unspecified atom stereocenters. The zero-order chi connectivity index (χ0) is 13.1. The third-order valence-corrected chi connectivity index (χ3v) is 2.87. The fourth-order valence-corrected chi connectivity index (χ4v) is 1.95. The van der Waals surface area contributed by atoms with Gasteiger partial charge in [-0.1, -0.05) is 23.7 Å². The lowest BCUT2D eigenvalue weighted by Crippen LogP contribution is -2.05. The minimum Gasteiger partial charge on any atom is -0.478 e. The molecule has 1 aromatic rings. The summed E-state index contributed by atoms with van der Waals surface area (Å²) in [5.41, 5.74) is 0.168. The molecule has 0 aliphatic rings. The van der Waals surface area contributed by atoms with Gasteiger partial charge >= 0.3 is 13.6 Å². The third kappa shape index (κ3) is 5.15. The summed E-state index contributed by atoms with van der Waals surface area (Å²) < 4.78 is 10.8. The van der Waals surface area contributed by atoms with Gasteiger partial charge in [-0.3, -0.25) is 4.57 Å². The van der Waals surface area contributed by atoms with Gasteiger partial charge in [0.15, 0.2) is 0 Å². The molecule has 3 N–H and O–H groups in total. The van der Waals surface area contributed by atoms with Gasteiger partial charge in [-0.25, -0.2) is 4.79 Å². The van der Waals surface area contributed by atoms with Gasteiger partial charge < -0.3 is 14.9 Å². The van der Waals surface area contributed by atoms with Crippen LogP contribution >= 0.6 is 19.2 Å². The van der Waals surface area contributed by atoms with Crippen molar-refractivity contribution in [3.63, 3.8) is 0 Å². The highest BCUT2D eigenvalue weighted by atomic mass is 35.5. The second-order valence-electron chi connectivity index (χ2n) is 3.35. The summed E-state index contributed by atoms with van der Waals surface area (Å²) in [4.78, 5) is 28.3. The minimum atomic E-state index is -4.40. The first-order valence-electron chi connectivity index (χ1n) is 4.52. The number of hydrogen-bond acceptors (Lipinski definition) is 2. The molecule has 0 saturated heterocycles. The standard InChI is InChI=1S/C10H10ClO5P/c11-9-3-1-7(2-4-9)5-8(10(12)13)6-17(14,15)16/h1-5H,6H2,(H,12,13)(H2,14,15,16)/b8-5+. The third-order valence-electron chi connectivity index (χ3n) is 1.86. The van der Waals surface area contributed by atoms with E-state index in [0.717, 1.165) is 0 Å². The average Bonchev–Trinajstić information content (AvgIpc) is 2.18. The molecule has 7 heteroatoms. The average molecular weight is 277 g/mol. The Morgan fingerprint density at radius 1 is 1.29 bits per heavy atom. The number of carbonyl (C=O) groups is 1. The Kier molecular flexibility index (Phi) is 4.48. The van der Waals surface area contributed by atoms with Crippen LogP contribution in [0.25, 0.3) is 6.08 Å². The SMILES string of the molecule is O=C(O)/C(=C/c1ccc(Cl)cc1)CP(=O)(O)O. The number of halogens is 1. The number of hydrogen-bond donors (Lipinski definition) is 3. The predicted octanol–water partition coefficient (Wildman–Crippen LogP) is 1.99. The van der Waals surface area contributed by atoms with E-state index in [-0.39, 0.29) is 5.57 Å². The van der Waals surface area contributed by atoms with Crippen molar-refractivity contribution in [2.24, 2.45) is 0 Å². The maximum atomic E-state index is 10.8. The second kappa shape index (κ2) is 5.47. The normalized spacial score (nSPS) is 12.5. The fourth-order valence-electron chi connectivity index (χ4n) is 1.16. The first-order chi connectivity index (χ1) is 7.78. The zero-order valence-electron chi connectivity index (χ0n) is 8.58. The molecular weight excluding hydrogens is 267 g/mol. The Hall–Kier alpha value is -1.13. The molecule has 0 radical (unpaired) electrons. The monoisotopic (exact) mass is 276 g/mol. The van der Waals surface area contributed by atoms with Crippen LogP contribution < -0.4 is 0 Å². The molecule has 0 bridgehead atoms. The van der Waals surface area contributed by atoms with Gasteiger partial charge in [0.05, 0.1) is 6.16 Å². The van der Waals surface area contributed by atoms with Gasteiger partial charge in [0.25, 0.3) is 0 Å². The molecule has 1 aromatic carbocycles. The summed E-state index contributed by atoms with van der Waals surface area (Å²) in [7, 11) is -4.40. The van der Waals surface area contributed by atoms with Crippen molar-refractivity contribution in [3.8, 4) is 0 Å². The molecule has 0 heterocycles. The van der Waals surface area contributed by atoms with E-state index in [1.807, 2.05) is 0 Å². The molecule has 0 aromatic heterocycles. The van der Waals surface area contributed by atoms with Crippen LogP contribution in [0.1, 0.15) is 5.56 Å². The molecule has 17 heavy (non-hydrogen) atoms. The number of carboxylic acids is 1. The van der Waals surface area contributed by atoms with Crippen LogP contribution in [0.15, 0.2) is 29.8 Å². The topological polar surface area (TPSA) is 94.8 Å². The van der Waals surface area contributed by atoms with Crippen molar-refractivity contribution < 1.29 is 24.3 Å². The van der Waals surface area contributed by atoms with E-state index in [1.165, 1.54) is 6.08 Å². The molecular formula is C10H10ClO5P. The van der Waals surface area contributed by atoms with Gasteiger partial charge in [-0.15, -0.1) is 0 Å². The van der Waals surface area contributed by atoms with Gasteiger partial charge in [0.1, 0.15) is 0 Å². The van der Waals surface area contributed by atoms with Crippen molar-refractivity contribution in [2.75, 3.05) is 6.16 Å². The fraction of sp³-hybridized carbons (Fsp3) is 0.100. The van der Waals surface area contributed by atoms with E-state index in [0.29, 0.717) is 10.6 Å². The lowest BCUT2D eigenvalue weighted by molar-refractivity contribution is -0.132. The van der Waals surface area contributed by atoms with Crippen LogP contribution in [0.2, 0.25) is 5.02 Å². The van der Waals surface area contributed by atoms with Crippen LogP contribution in [-0.2, 0) is 9.36 Å². The first-order valence-corrected chi connectivity index (χ1v) is 6.69. The van der Waals surface area contributed by atoms with E-state index in [4.69, 9.17) is 26.5 Å². The first kappa shape index (κ1) is 13.9. The molecule has 0 atom stereocenters. The maximum Gasteiger partial charge on any atom is 0.332 e. The van der Waals surface area contributed by atoms with Gasteiger partial charge in [-0.2, -0.15) is 0 Å². The molecule has 0 fully saturated rings. The largest absolute Gasteiger partial charge is 0.478 e. The van der Waals surface area contributed by atoms with Crippen LogP contribution in [-0.4, -0.2) is 27.0 Å². The van der Waals surface area contributed by atoms with E-state index in [1.54, 1.807) is 24.3 Å². The van der Waals surface area contributed by atoms with Gasteiger partial charge in [0, 0.05) is 10.6 Å². The summed E-state index contributed by atoms with van der Waals surface area (Å²) >= 11 is 5.66. The molecule has 92 valence electrons. The Bertz CT molecular complexity index is 488. The Morgan fingerprint density at radius 3 is 2.24 bits per heavy atom. The highest BCUT2D eigenvalue weighted by molar-refractivity contribution is 7.52. The van der Waals surface area contributed by atoms with Crippen molar-refractivity contribution in [1.82, 2.24) is 0 Å². The van der Waals surface area contributed by atoms with Crippen molar-refractivity contribution in [3.05, 3.63) is 40.4 Å². The predicted molar refractivity (Wildman–Crippen MR) is 64.0 cm³/mol. The van der Waals surface area contributed by atoms with Crippen LogP contribution in [0.4, 0.5) is 0 Å². The summed E-state index contributed by atoms with van der Waals surface area (Å²) in [6, 6.07) is 6.24. The number of rotatable bonds is 4. The highest BCUT2D eigenvalue weighted by Gasteiger charge is 2.20. The van der Waals surface area contributed by atoms with Crippen LogP contribution in [0.3, 0.4) is 0 Å². The quantitative estimate of drug-likeness (QED) is 0.577. The molecule has 5 nitrogen and oxygen atoms in total. The molecule has 1 rings (SSSR count). The Labute approximate surface area is 103 Å². The molecule has 0 aliphatic heterocycles. The van der Waals surface area contributed by atoms with Gasteiger partial charge in [0.2, 0.25) is 0 Å². The Balaban J connectivity index is 3.02. The molecule has 0 saturated carbocycles. The van der Waals surface area contributed by atoms with Crippen LogP contribution in [0, 0.1) is 0 Å². The summed E-state index contributed by atoms with van der Waals surface area (Å²) in [5, 5.41) is 9.31. The summed E-state index contributed by atoms with van der Waals surface area (Å²) in [5.74, 6) is -1.36. The number of carboxylic acid groups (broad SMARTS) is 1. The zero-order valence-corrected chi connectivity index (χ0v) is 10.2. The molecule has 0 amide bonds. The second-order valence-corrected chi connectivity index (χ2v) is 5.43. The van der Waals surface area contributed by atoms with Crippen molar-refractivity contribution in [2.45, 2.75) is 0 Å². The number of aliphatic carboxylic acids is 1. The van der Waals surface area contributed by atoms with E-state index >= 15 is 0 Å². The van der Waals surface area contributed by atoms with E-state index in [9.17, 15) is 9.36 Å². The summed E-state index contributed by atoms with van der Waals surface area (Å²) in [6.45, 7) is 0. The summed E-state index contributed by atoms with van der Waals surface area (Å²) in [6.07, 6.45) is 0.405. The van der Waals surface area contributed by atoms with Crippen LogP contribution in [0.5, 0.6) is 0 Å². The lowest BCUT2D eigenvalue weighted by atomic mass is 10.1. The highest BCUT2D eigenvalue weighted by Crippen LogP contribution is 2.37. The van der Waals surface area contributed by atoms with E-state index in [2.05, 4.69) is 0 Å². The smallest absolute Gasteiger partial charge is 0.332 e. The Morgan fingerprint density at radius 2 is 1.82 bits per heavy atom. The van der Waals surface area contributed by atoms with Crippen molar-refractivity contribution >= 4 is 31.2 Å². The minimum absolute atomic E-state index is 0.347. The van der Waals surface area contributed by atoms with E-state index < -0.39 is 19.7 Å². The van der Waals surface area contributed by atoms with Gasteiger partial charge in [-0.05, 0) is 23.8 Å². The van der Waals surface area contributed by atoms with Crippen molar-refractivity contribution in [1.29, 1.82) is 0 Å². The number of benzene rings is 1. The molecule has 0 spiro atoms. The molecule has 0 aliphatic carbocycles. The maximum absolute atomic E-state index is 10.8. The lowest BCUT2D eigenvalue weighted by Gasteiger charge is -2.04.